The lowest BCUT2D eigenvalue weighted by atomic mass is 10.1. The molecule has 0 saturated heterocycles. The zero-order chi connectivity index (χ0) is 77.4. The first-order valence-corrected chi connectivity index (χ1v) is 42.3. The molecule has 0 aromatic rings. The molecule has 0 spiro atoms. The zero-order valence-electron chi connectivity index (χ0n) is 65.0. The van der Waals surface area contributed by atoms with E-state index in [-0.39, 0.29) is 25.7 Å². The number of aliphatic hydroxyl groups excluding tert-OH is 1. The predicted molar refractivity (Wildman–Crippen MR) is 435 cm³/mol. The van der Waals surface area contributed by atoms with Gasteiger partial charge in [-0.25, -0.2) is 9.13 Å². The van der Waals surface area contributed by atoms with Crippen LogP contribution in [0.5, 0.6) is 0 Å². The summed E-state index contributed by atoms with van der Waals surface area (Å²) in [5.74, 6) is -2.44. The van der Waals surface area contributed by atoms with Crippen LogP contribution in [0.4, 0.5) is 0 Å². The van der Waals surface area contributed by atoms with E-state index in [4.69, 9.17) is 37.0 Å². The third kappa shape index (κ3) is 75.9. The fourth-order valence-electron chi connectivity index (χ4n) is 9.44. The first-order valence-electron chi connectivity index (χ1n) is 39.3. The van der Waals surface area contributed by atoms with Crippen LogP contribution < -0.4 is 0 Å². The molecule has 0 rings (SSSR count). The topological polar surface area (TPSA) is 237 Å². The molecule has 0 aliphatic heterocycles. The van der Waals surface area contributed by atoms with Crippen molar-refractivity contribution in [1.29, 1.82) is 0 Å². The number of rotatable bonds is 71. The molecule has 0 heterocycles. The summed E-state index contributed by atoms with van der Waals surface area (Å²) in [6.45, 7) is 4.17. The van der Waals surface area contributed by atoms with Gasteiger partial charge in [0.05, 0.1) is 32.8 Å². The number of phosphoric acid groups is 2. The number of phosphoric ester groups is 2. The van der Waals surface area contributed by atoms with E-state index >= 15 is 0 Å². The molecule has 596 valence electrons. The van der Waals surface area contributed by atoms with Gasteiger partial charge in [0, 0.05) is 19.3 Å². The van der Waals surface area contributed by atoms with E-state index in [0.717, 1.165) is 173 Å². The lowest BCUT2D eigenvalue weighted by Gasteiger charge is -2.21. The normalized spacial score (nSPS) is 15.0. The number of aliphatic hydroxyl groups is 1. The lowest BCUT2D eigenvalue weighted by Crippen LogP contribution is -2.30. The summed E-state index contributed by atoms with van der Waals surface area (Å²) < 4.78 is 68.4. The Morgan fingerprint density at radius 1 is 0.274 bits per heavy atom. The fourth-order valence-corrected chi connectivity index (χ4v) is 11.0. The molecule has 0 aliphatic carbocycles. The number of hydrogen-bond donors (Lipinski definition) is 3. The van der Waals surface area contributed by atoms with Gasteiger partial charge in [0.1, 0.15) is 19.3 Å². The maximum absolute atomic E-state index is 13.1. The summed E-state index contributed by atoms with van der Waals surface area (Å²) in [5, 5.41) is 10.6. The quantitative estimate of drug-likeness (QED) is 0.0169. The van der Waals surface area contributed by atoms with Crippen molar-refractivity contribution in [3.63, 3.8) is 0 Å². The highest BCUT2D eigenvalue weighted by molar-refractivity contribution is 7.47. The molecule has 3 N–H and O–H groups in total. The first kappa shape index (κ1) is 99.6. The first-order chi connectivity index (χ1) is 51.7. The van der Waals surface area contributed by atoms with Crippen LogP contribution >= 0.6 is 15.6 Å². The number of ether oxygens (including phenoxy) is 4. The van der Waals surface area contributed by atoms with Crippen molar-refractivity contribution in [3.05, 3.63) is 207 Å². The molecule has 0 saturated carbocycles. The SMILES string of the molecule is CC/C=C\C/C=C\C/C=C\C/C=C\C/C=C\CC(=O)OCC(COP(=O)(O)OCC(O)COP(=O)(O)OCC(COC(=O)CCCCCCCC/C=C\C/C=C\C/C=C\C/C=C\CC)OC(=O)CCCCCC/C=C\C/C=C\C/C=C\C/C=C\CC)OC(=O)CCCC/C=C\C/C=C\C/C=C\C/C=C\CC. The molecule has 5 atom stereocenters. The van der Waals surface area contributed by atoms with Crippen LogP contribution in [-0.2, 0) is 65.4 Å². The van der Waals surface area contributed by atoms with Gasteiger partial charge < -0.3 is 33.8 Å². The molecule has 0 aromatic heterocycles. The van der Waals surface area contributed by atoms with E-state index < -0.39 is 97.5 Å². The summed E-state index contributed by atoms with van der Waals surface area (Å²) in [5.41, 5.74) is 0. The van der Waals surface area contributed by atoms with Crippen molar-refractivity contribution in [2.75, 3.05) is 39.6 Å². The van der Waals surface area contributed by atoms with Crippen LogP contribution in [0.1, 0.15) is 259 Å². The molecule has 0 bridgehead atoms. The molecule has 5 unspecified atom stereocenters. The van der Waals surface area contributed by atoms with Crippen LogP contribution in [-0.4, -0.2) is 96.7 Å². The molecular formula is C87H136O17P2. The van der Waals surface area contributed by atoms with Gasteiger partial charge in [-0.15, -0.1) is 0 Å². The average Bonchev–Trinajstić information content (AvgIpc) is 0.899. The number of esters is 4. The Hall–Kier alpha value is -6.36. The minimum Gasteiger partial charge on any atom is -0.462 e. The smallest absolute Gasteiger partial charge is 0.462 e. The van der Waals surface area contributed by atoms with E-state index in [1.807, 2.05) is 24.3 Å². The molecule has 0 aliphatic rings. The van der Waals surface area contributed by atoms with Crippen LogP contribution in [0.2, 0.25) is 0 Å². The van der Waals surface area contributed by atoms with Crippen molar-refractivity contribution in [1.82, 2.24) is 0 Å². The van der Waals surface area contributed by atoms with Gasteiger partial charge in [0.15, 0.2) is 12.2 Å². The van der Waals surface area contributed by atoms with Crippen LogP contribution in [0.15, 0.2) is 207 Å². The summed E-state index contributed by atoms with van der Waals surface area (Å²) in [4.78, 5) is 73.0. The van der Waals surface area contributed by atoms with Gasteiger partial charge in [-0.05, 0) is 167 Å². The summed E-state index contributed by atoms with van der Waals surface area (Å²) >= 11 is 0. The average molecular weight is 1520 g/mol. The van der Waals surface area contributed by atoms with E-state index in [2.05, 4.69) is 204 Å². The van der Waals surface area contributed by atoms with Crippen molar-refractivity contribution in [2.45, 2.75) is 277 Å². The Morgan fingerprint density at radius 3 is 0.811 bits per heavy atom. The van der Waals surface area contributed by atoms with E-state index in [9.17, 15) is 43.2 Å². The third-order valence-corrected chi connectivity index (χ3v) is 17.2. The number of hydrogen-bond acceptors (Lipinski definition) is 15. The largest absolute Gasteiger partial charge is 0.472 e. The molecule has 0 radical (unpaired) electrons. The van der Waals surface area contributed by atoms with Crippen molar-refractivity contribution in [2.24, 2.45) is 0 Å². The third-order valence-electron chi connectivity index (χ3n) is 15.3. The second-order valence-electron chi connectivity index (χ2n) is 25.1. The number of allylic oxidation sites excluding steroid dienone is 33. The lowest BCUT2D eigenvalue weighted by molar-refractivity contribution is -0.161. The fraction of sp³-hybridized carbons (Fsp3) is 0.563. The van der Waals surface area contributed by atoms with Gasteiger partial charge in [0.2, 0.25) is 0 Å². The predicted octanol–water partition coefficient (Wildman–Crippen LogP) is 23.1. The highest BCUT2D eigenvalue weighted by Gasteiger charge is 2.30. The van der Waals surface area contributed by atoms with Crippen LogP contribution in [0, 0.1) is 0 Å². The summed E-state index contributed by atoms with van der Waals surface area (Å²) in [6.07, 6.45) is 95.6. The molecule has 0 fully saturated rings. The monoisotopic (exact) mass is 1510 g/mol. The molecule has 0 aromatic carbocycles. The van der Waals surface area contributed by atoms with Crippen molar-refractivity contribution < 1.29 is 80.2 Å². The Morgan fingerprint density at radius 2 is 0.500 bits per heavy atom. The zero-order valence-corrected chi connectivity index (χ0v) is 66.8. The van der Waals surface area contributed by atoms with Gasteiger partial charge in [-0.2, -0.15) is 0 Å². The van der Waals surface area contributed by atoms with Crippen molar-refractivity contribution in [3.8, 4) is 0 Å². The van der Waals surface area contributed by atoms with Gasteiger partial charge in [-0.1, -0.05) is 273 Å². The Labute approximate surface area is 639 Å². The molecule has 19 heteroatoms. The Bertz CT molecular complexity index is 2830. The Balaban J connectivity index is 5.53. The van der Waals surface area contributed by atoms with E-state index in [0.29, 0.717) is 32.1 Å². The van der Waals surface area contributed by atoms with E-state index in [1.54, 1.807) is 6.08 Å². The summed E-state index contributed by atoms with van der Waals surface area (Å²) in [7, 11) is -10.0. The number of carbonyl (C=O) groups excluding carboxylic acids is 4. The van der Waals surface area contributed by atoms with Gasteiger partial charge in [-0.3, -0.25) is 37.3 Å². The van der Waals surface area contributed by atoms with Crippen LogP contribution in [0.25, 0.3) is 0 Å². The van der Waals surface area contributed by atoms with E-state index in [1.165, 1.54) is 0 Å². The molecule has 106 heavy (non-hydrogen) atoms. The maximum Gasteiger partial charge on any atom is 0.472 e. The molecular weight excluding hydrogens is 1380 g/mol. The van der Waals surface area contributed by atoms with Crippen molar-refractivity contribution >= 4 is 39.5 Å². The van der Waals surface area contributed by atoms with Crippen LogP contribution in [0.3, 0.4) is 0 Å². The minimum absolute atomic E-state index is 0.0139. The maximum atomic E-state index is 13.1. The Kier molecular flexibility index (Phi) is 72.2. The highest BCUT2D eigenvalue weighted by atomic mass is 31.2. The van der Waals surface area contributed by atoms with Gasteiger partial charge >= 0.3 is 39.5 Å². The summed E-state index contributed by atoms with van der Waals surface area (Å²) in [6, 6.07) is 0. The minimum atomic E-state index is -5.02. The van der Waals surface area contributed by atoms with Gasteiger partial charge in [0.25, 0.3) is 0 Å². The standard InChI is InChI=1S/C87H136O17P2/c1-5-9-13-17-21-25-29-33-37-39-40-42-45-48-52-56-60-64-68-72-85(90)98-78-83(104-87(92)74-70-66-62-58-54-50-46-41-38-34-30-26-22-18-14-10-6-2)80-102-106(95,96)100-76-81(88)75-99-105(93,94)101-79-82(103-86(91)73-69-65-61-57-53-49-44-36-32-28-24-20-16-12-8-4)77-97-84(89)71-67-63-59-55-51-47-43-35-31-27-23-19-15-11-7-3/h9-16,21-28,33-38,40,42-44,46,50-51,53,55,57,63,67,81-83,88H,5-8,17-20,29-32,39,41,45,47-49,52,54,56,58-62,64-66,68-80H2,1-4H3,(H,93,94)(H,95,96)/b13-9-,14-10-,15-11-,16-12-,25-21-,26-22-,27-23-,28-24-,37-33-,38-34-,42-40-,43-35-,44-36-,50-46-,55-51-,57-53-,67-63-. The number of carbonyl (C=O) groups is 4. The number of unbranched alkanes of at least 4 members (excludes halogenated alkanes) is 12. The second kappa shape index (κ2) is 76.8. The second-order valence-corrected chi connectivity index (χ2v) is 28.0. The molecule has 17 nitrogen and oxygen atoms in total. The highest BCUT2D eigenvalue weighted by Crippen LogP contribution is 2.45. The molecule has 0 amide bonds.